The van der Waals surface area contributed by atoms with Crippen molar-refractivity contribution in [3.8, 4) is 0 Å². The third-order valence-electron chi connectivity index (χ3n) is 4.50. The number of nitrogens with zero attached hydrogens (tertiary/aromatic N) is 2. The van der Waals surface area contributed by atoms with E-state index in [-0.39, 0.29) is 23.4 Å². The fourth-order valence-corrected chi connectivity index (χ4v) is 5.07. The number of hydrogen-bond acceptors (Lipinski definition) is 5. The first-order chi connectivity index (χ1) is 14.1. The van der Waals surface area contributed by atoms with E-state index >= 15 is 0 Å². The van der Waals surface area contributed by atoms with E-state index < -0.39 is 10.0 Å². The van der Waals surface area contributed by atoms with Gasteiger partial charge in [-0.2, -0.15) is 0 Å². The molecule has 0 saturated heterocycles. The van der Waals surface area contributed by atoms with Crippen molar-refractivity contribution in [2.75, 3.05) is 22.4 Å². The van der Waals surface area contributed by atoms with Crippen molar-refractivity contribution in [1.29, 1.82) is 0 Å². The van der Waals surface area contributed by atoms with Crippen LogP contribution in [0.1, 0.15) is 30.2 Å². The quantitative estimate of drug-likeness (QED) is 0.560. The summed E-state index contributed by atoms with van der Waals surface area (Å²) in [5.74, 6) is -0.328. The second kappa shape index (κ2) is 8.45. The minimum Gasteiger partial charge on any atom is -0.322 e. The van der Waals surface area contributed by atoms with Crippen LogP contribution in [-0.4, -0.2) is 31.7 Å². The molecular weight excluding hydrogens is 422 g/mol. The molecule has 0 aliphatic rings. The zero-order valence-corrected chi connectivity index (χ0v) is 18.6. The van der Waals surface area contributed by atoms with Gasteiger partial charge in [-0.1, -0.05) is 17.4 Å². The molecule has 30 heavy (non-hydrogen) atoms. The van der Waals surface area contributed by atoms with Gasteiger partial charge in [0, 0.05) is 17.3 Å². The summed E-state index contributed by atoms with van der Waals surface area (Å²) in [6, 6.07) is 11.7. The lowest BCUT2D eigenvalue weighted by Crippen LogP contribution is -2.29. The Bertz CT molecular complexity index is 1260. The number of anilines is 2. The lowest BCUT2D eigenvalue weighted by atomic mass is 10.2. The van der Waals surface area contributed by atoms with Crippen LogP contribution in [0.3, 0.4) is 0 Å². The summed E-state index contributed by atoms with van der Waals surface area (Å²) in [5, 5.41) is 2.82. The Balaban J connectivity index is 1.82. The molecule has 1 heterocycles. The first-order valence-corrected chi connectivity index (χ1v) is 11.9. The molecule has 1 N–H and O–H groups in total. The molecule has 0 aliphatic heterocycles. The summed E-state index contributed by atoms with van der Waals surface area (Å²) in [4.78, 5) is 24.8. The number of carbonyl (C=O) groups excluding carboxylic acids is 1. The molecule has 7 nitrogen and oxygen atoms in total. The van der Waals surface area contributed by atoms with Crippen LogP contribution in [0.15, 0.2) is 59.9 Å². The monoisotopic (exact) mass is 445 g/mol. The largest absolute Gasteiger partial charge is 0.322 e. The molecule has 0 radical (unpaired) electrons. The highest BCUT2D eigenvalue weighted by molar-refractivity contribution is 7.92. The SMILES string of the molecule is C=CCN(c1ccc(C(=O)Nc2ccc3c(c2)sc(=O)n3C(C)C)cc1)S(C)(=O)=O. The van der Waals surface area contributed by atoms with Crippen LogP contribution < -0.4 is 14.5 Å². The van der Waals surface area contributed by atoms with E-state index in [0.29, 0.717) is 16.9 Å². The van der Waals surface area contributed by atoms with Crippen LogP contribution >= 0.6 is 11.3 Å². The number of sulfonamides is 1. The van der Waals surface area contributed by atoms with E-state index in [2.05, 4.69) is 11.9 Å². The molecule has 0 fully saturated rings. The van der Waals surface area contributed by atoms with Crippen molar-refractivity contribution in [1.82, 2.24) is 4.57 Å². The summed E-state index contributed by atoms with van der Waals surface area (Å²) in [5.41, 5.74) is 2.26. The Labute approximate surface area is 179 Å². The minimum atomic E-state index is -3.46. The third kappa shape index (κ3) is 4.47. The number of hydrogen-bond donors (Lipinski definition) is 1. The number of amides is 1. The molecular formula is C21H23N3O4S2. The van der Waals surface area contributed by atoms with E-state index in [4.69, 9.17) is 0 Å². The van der Waals surface area contributed by atoms with Crippen molar-refractivity contribution in [3.63, 3.8) is 0 Å². The Kier molecular flexibility index (Phi) is 6.14. The lowest BCUT2D eigenvalue weighted by Gasteiger charge is -2.20. The maximum Gasteiger partial charge on any atom is 0.308 e. The van der Waals surface area contributed by atoms with Gasteiger partial charge in [-0.15, -0.1) is 6.58 Å². The number of aromatic nitrogens is 1. The molecule has 3 rings (SSSR count). The smallest absolute Gasteiger partial charge is 0.308 e. The minimum absolute atomic E-state index is 0.0333. The Morgan fingerprint density at radius 3 is 2.47 bits per heavy atom. The Hall–Kier alpha value is -2.91. The van der Waals surface area contributed by atoms with E-state index in [0.717, 1.165) is 27.8 Å². The molecule has 0 spiro atoms. The van der Waals surface area contributed by atoms with Gasteiger partial charge in [-0.25, -0.2) is 8.42 Å². The molecule has 0 atom stereocenters. The maximum atomic E-state index is 12.6. The standard InChI is InChI=1S/C21H23N3O4S2/c1-5-12-23(30(4,27)28)17-9-6-15(7-10-17)20(25)22-16-8-11-18-19(13-16)29-21(26)24(18)14(2)3/h5-11,13-14H,1,12H2,2-4H3,(H,22,25). The number of fused-ring (bicyclic) bond motifs is 1. The number of rotatable bonds is 7. The fraction of sp³-hybridized carbons (Fsp3) is 0.238. The molecule has 1 aromatic heterocycles. The average Bonchev–Trinajstić information content (AvgIpc) is 3.00. The van der Waals surface area contributed by atoms with E-state index in [1.165, 1.54) is 10.4 Å². The average molecular weight is 446 g/mol. The van der Waals surface area contributed by atoms with Gasteiger partial charge in [0.25, 0.3) is 5.91 Å². The Morgan fingerprint density at radius 1 is 1.23 bits per heavy atom. The molecule has 0 aliphatic carbocycles. The van der Waals surface area contributed by atoms with Crippen molar-refractivity contribution >= 4 is 48.9 Å². The topological polar surface area (TPSA) is 88.5 Å². The van der Waals surface area contributed by atoms with Crippen LogP contribution in [0.25, 0.3) is 10.2 Å². The van der Waals surface area contributed by atoms with E-state index in [9.17, 15) is 18.0 Å². The number of nitrogens with one attached hydrogen (secondary N) is 1. The lowest BCUT2D eigenvalue weighted by molar-refractivity contribution is 0.102. The first-order valence-electron chi connectivity index (χ1n) is 9.27. The van der Waals surface area contributed by atoms with E-state index in [1.807, 2.05) is 19.9 Å². The van der Waals surface area contributed by atoms with E-state index in [1.54, 1.807) is 41.0 Å². The molecule has 9 heteroatoms. The maximum absolute atomic E-state index is 12.6. The second-order valence-electron chi connectivity index (χ2n) is 7.10. The summed E-state index contributed by atoms with van der Waals surface area (Å²) in [6.07, 6.45) is 2.62. The number of benzene rings is 2. The number of carbonyl (C=O) groups is 1. The van der Waals surface area contributed by atoms with Crippen molar-refractivity contribution in [2.24, 2.45) is 0 Å². The van der Waals surface area contributed by atoms with Crippen molar-refractivity contribution in [3.05, 3.63) is 70.4 Å². The fourth-order valence-electron chi connectivity index (χ4n) is 3.14. The van der Waals surface area contributed by atoms with Gasteiger partial charge in [0.05, 0.1) is 28.7 Å². The summed E-state index contributed by atoms with van der Waals surface area (Å²) in [7, 11) is -3.46. The predicted octanol–water partition coefficient (Wildman–Crippen LogP) is 3.85. The van der Waals surface area contributed by atoms with Crippen LogP contribution in [0.5, 0.6) is 0 Å². The normalized spacial score (nSPS) is 11.6. The molecule has 1 amide bonds. The van der Waals surface area contributed by atoms with Gasteiger partial charge < -0.3 is 5.32 Å². The van der Waals surface area contributed by atoms with Crippen LogP contribution in [0, 0.1) is 0 Å². The summed E-state index contributed by atoms with van der Waals surface area (Å²) < 4.78 is 27.6. The van der Waals surface area contributed by atoms with Gasteiger partial charge in [-0.3, -0.25) is 18.5 Å². The molecule has 158 valence electrons. The second-order valence-corrected chi connectivity index (χ2v) is 10.00. The zero-order valence-electron chi connectivity index (χ0n) is 17.0. The molecule has 2 aromatic carbocycles. The highest BCUT2D eigenvalue weighted by Gasteiger charge is 2.17. The summed E-state index contributed by atoms with van der Waals surface area (Å²) in [6.45, 7) is 7.62. The highest BCUT2D eigenvalue weighted by atomic mass is 32.2. The molecule has 0 unspecified atom stereocenters. The van der Waals surface area contributed by atoms with Crippen LogP contribution in [-0.2, 0) is 10.0 Å². The predicted molar refractivity (Wildman–Crippen MR) is 123 cm³/mol. The molecule has 3 aromatic rings. The molecule has 0 bridgehead atoms. The van der Waals surface area contributed by atoms with Crippen LogP contribution in [0.2, 0.25) is 0 Å². The first kappa shape index (κ1) is 21.8. The van der Waals surface area contributed by atoms with Crippen molar-refractivity contribution < 1.29 is 13.2 Å². The van der Waals surface area contributed by atoms with Crippen molar-refractivity contribution in [2.45, 2.75) is 19.9 Å². The Morgan fingerprint density at radius 2 is 1.90 bits per heavy atom. The van der Waals surface area contributed by atoms with Gasteiger partial charge in [-0.05, 0) is 56.3 Å². The van der Waals surface area contributed by atoms with Gasteiger partial charge in [0.2, 0.25) is 10.0 Å². The highest BCUT2D eigenvalue weighted by Crippen LogP contribution is 2.25. The van der Waals surface area contributed by atoms with Gasteiger partial charge in [0.1, 0.15) is 0 Å². The van der Waals surface area contributed by atoms with Gasteiger partial charge in [0.15, 0.2) is 0 Å². The van der Waals surface area contributed by atoms with Gasteiger partial charge >= 0.3 is 4.87 Å². The summed E-state index contributed by atoms with van der Waals surface area (Å²) >= 11 is 1.14. The van der Waals surface area contributed by atoms with Crippen LogP contribution in [0.4, 0.5) is 11.4 Å². The third-order valence-corrected chi connectivity index (χ3v) is 6.58. The molecule has 0 saturated carbocycles. The zero-order chi connectivity index (χ0) is 22.1. The number of thiazole rings is 1.